The Balaban J connectivity index is 1.85. The van der Waals surface area contributed by atoms with Crippen molar-refractivity contribution in [1.82, 2.24) is 19.7 Å². The maximum absolute atomic E-state index is 12.7. The molecular weight excluding hydrogens is 356 g/mol. The van der Waals surface area contributed by atoms with Gasteiger partial charge in [-0.15, -0.1) is 0 Å². The van der Waals surface area contributed by atoms with Crippen LogP contribution in [0.25, 0.3) is 0 Å². The predicted octanol–water partition coefficient (Wildman–Crippen LogP) is 2.95. The second kappa shape index (κ2) is 7.59. The Morgan fingerprint density at radius 1 is 0.821 bits per heavy atom. The van der Waals surface area contributed by atoms with Gasteiger partial charge >= 0.3 is 0 Å². The fourth-order valence-electron chi connectivity index (χ4n) is 2.99. The van der Waals surface area contributed by atoms with E-state index < -0.39 is 11.8 Å². The second-order valence-electron chi connectivity index (χ2n) is 6.82. The van der Waals surface area contributed by atoms with Gasteiger partial charge in [-0.3, -0.25) is 14.3 Å². The molecule has 3 aromatic heterocycles. The van der Waals surface area contributed by atoms with Crippen LogP contribution in [0.15, 0.2) is 30.5 Å². The number of carbonyl (C=O) groups is 2. The molecule has 28 heavy (non-hydrogen) atoms. The van der Waals surface area contributed by atoms with Crippen LogP contribution >= 0.6 is 0 Å². The summed E-state index contributed by atoms with van der Waals surface area (Å²) in [5.74, 6) is -0.120. The number of amides is 2. The van der Waals surface area contributed by atoms with Crippen LogP contribution < -0.4 is 10.6 Å². The molecule has 0 aromatic carbocycles. The number of rotatable bonds is 4. The van der Waals surface area contributed by atoms with Crippen LogP contribution in [0.1, 0.15) is 43.4 Å². The molecule has 144 valence electrons. The first kappa shape index (κ1) is 19.2. The van der Waals surface area contributed by atoms with Crippen LogP contribution in [0.5, 0.6) is 0 Å². The molecule has 0 aliphatic rings. The number of nitrogens with one attached hydrogen (secondary N) is 2. The normalized spacial score (nSPS) is 10.6. The molecule has 0 saturated carbocycles. The summed E-state index contributed by atoms with van der Waals surface area (Å²) in [6.07, 6.45) is 1.50. The molecule has 8 heteroatoms. The first-order valence-electron chi connectivity index (χ1n) is 8.78. The highest BCUT2D eigenvalue weighted by atomic mass is 16.2. The molecule has 0 aliphatic carbocycles. The highest BCUT2D eigenvalue weighted by Gasteiger charge is 2.22. The maximum atomic E-state index is 12.7. The number of anilines is 2. The van der Waals surface area contributed by atoms with E-state index in [1.54, 1.807) is 19.2 Å². The summed E-state index contributed by atoms with van der Waals surface area (Å²) in [6, 6.07) is 7.34. The number of nitrogens with zero attached hydrogens (tertiary/aromatic N) is 4. The molecule has 0 fully saturated rings. The van der Waals surface area contributed by atoms with Crippen molar-refractivity contribution in [1.29, 1.82) is 0 Å². The molecule has 2 N–H and O–H groups in total. The Kier molecular flexibility index (Phi) is 5.21. The van der Waals surface area contributed by atoms with Crippen LogP contribution in [0, 0.1) is 27.7 Å². The smallest absolute Gasteiger partial charge is 0.278 e. The number of aromatic nitrogens is 4. The molecule has 0 saturated heterocycles. The van der Waals surface area contributed by atoms with Crippen molar-refractivity contribution < 1.29 is 9.59 Å². The van der Waals surface area contributed by atoms with Gasteiger partial charge in [-0.1, -0.05) is 0 Å². The van der Waals surface area contributed by atoms with Gasteiger partial charge in [0.1, 0.15) is 11.6 Å². The zero-order valence-electron chi connectivity index (χ0n) is 16.5. The van der Waals surface area contributed by atoms with E-state index in [0.717, 1.165) is 22.5 Å². The zero-order valence-corrected chi connectivity index (χ0v) is 16.5. The highest BCUT2D eigenvalue weighted by molar-refractivity contribution is 6.13. The van der Waals surface area contributed by atoms with Crippen LogP contribution in [0.2, 0.25) is 0 Å². The Hall–Kier alpha value is -3.55. The Labute approximate surface area is 163 Å². The number of pyridine rings is 2. The van der Waals surface area contributed by atoms with Gasteiger partial charge in [0.25, 0.3) is 11.8 Å². The molecule has 0 bridgehead atoms. The molecular formula is C20H22N6O2. The van der Waals surface area contributed by atoms with Gasteiger partial charge in [0.05, 0.1) is 5.56 Å². The molecule has 0 radical (unpaired) electrons. The largest absolute Gasteiger partial charge is 0.306 e. The van der Waals surface area contributed by atoms with Crippen molar-refractivity contribution in [2.45, 2.75) is 27.7 Å². The van der Waals surface area contributed by atoms with E-state index in [4.69, 9.17) is 0 Å². The topological polar surface area (TPSA) is 102 Å². The van der Waals surface area contributed by atoms with Gasteiger partial charge in [0.15, 0.2) is 5.69 Å². The minimum absolute atomic E-state index is 0.0188. The zero-order chi connectivity index (χ0) is 20.4. The molecule has 3 aromatic rings. The molecule has 2 amide bonds. The first-order chi connectivity index (χ1) is 13.2. The van der Waals surface area contributed by atoms with Crippen LogP contribution in [0.4, 0.5) is 11.6 Å². The minimum Gasteiger partial charge on any atom is -0.306 e. The average Bonchev–Trinajstić information content (AvgIpc) is 2.95. The van der Waals surface area contributed by atoms with Crippen molar-refractivity contribution in [3.63, 3.8) is 0 Å². The molecule has 0 unspecified atom stereocenters. The monoisotopic (exact) mass is 378 g/mol. The lowest BCUT2D eigenvalue weighted by Crippen LogP contribution is -2.20. The van der Waals surface area contributed by atoms with Crippen molar-refractivity contribution >= 4 is 23.5 Å². The Morgan fingerprint density at radius 3 is 1.82 bits per heavy atom. The number of aryl methyl sites for hydroxylation is 5. The quantitative estimate of drug-likeness (QED) is 0.727. The second-order valence-corrected chi connectivity index (χ2v) is 6.82. The molecule has 0 spiro atoms. The van der Waals surface area contributed by atoms with Crippen molar-refractivity contribution in [3.8, 4) is 0 Å². The summed E-state index contributed by atoms with van der Waals surface area (Å²) in [7, 11) is 1.65. The third-order valence-electron chi connectivity index (χ3n) is 3.97. The van der Waals surface area contributed by atoms with E-state index in [9.17, 15) is 9.59 Å². The Bertz CT molecular complexity index is 947. The maximum Gasteiger partial charge on any atom is 0.278 e. The molecule has 8 nitrogen and oxygen atoms in total. The summed E-state index contributed by atoms with van der Waals surface area (Å²) in [6.45, 7) is 7.53. The fraction of sp³-hybridized carbons (Fsp3) is 0.250. The number of carbonyl (C=O) groups excluding carboxylic acids is 2. The van der Waals surface area contributed by atoms with Gasteiger partial charge in [0, 0.05) is 24.6 Å². The Morgan fingerprint density at radius 2 is 1.32 bits per heavy atom. The van der Waals surface area contributed by atoms with E-state index >= 15 is 0 Å². The molecule has 3 rings (SSSR count). The third kappa shape index (κ3) is 4.40. The van der Waals surface area contributed by atoms with Gasteiger partial charge in [-0.05, 0) is 63.1 Å². The van der Waals surface area contributed by atoms with Gasteiger partial charge in [-0.25, -0.2) is 9.97 Å². The summed E-state index contributed by atoms with van der Waals surface area (Å²) in [4.78, 5) is 34.0. The lowest BCUT2D eigenvalue weighted by atomic mass is 10.2. The van der Waals surface area contributed by atoms with Crippen LogP contribution in [0.3, 0.4) is 0 Å². The minimum atomic E-state index is -0.503. The third-order valence-corrected chi connectivity index (χ3v) is 3.97. The first-order valence-corrected chi connectivity index (χ1v) is 8.78. The summed E-state index contributed by atoms with van der Waals surface area (Å²) >= 11 is 0. The molecule has 0 atom stereocenters. The van der Waals surface area contributed by atoms with E-state index in [1.807, 2.05) is 39.8 Å². The van der Waals surface area contributed by atoms with Crippen molar-refractivity contribution in [3.05, 3.63) is 64.2 Å². The van der Waals surface area contributed by atoms with Crippen LogP contribution in [-0.4, -0.2) is 31.6 Å². The lowest BCUT2D eigenvalue weighted by molar-refractivity contribution is 0.0987. The summed E-state index contributed by atoms with van der Waals surface area (Å²) in [5, 5.41) is 9.59. The van der Waals surface area contributed by atoms with E-state index in [0.29, 0.717) is 11.6 Å². The number of hydrogen-bond donors (Lipinski definition) is 2. The molecule has 0 aliphatic heterocycles. The van der Waals surface area contributed by atoms with E-state index in [-0.39, 0.29) is 11.3 Å². The van der Waals surface area contributed by atoms with Crippen molar-refractivity contribution in [2.24, 2.45) is 7.05 Å². The van der Waals surface area contributed by atoms with Crippen LogP contribution in [-0.2, 0) is 7.05 Å². The van der Waals surface area contributed by atoms with Gasteiger partial charge < -0.3 is 10.6 Å². The predicted molar refractivity (Wildman–Crippen MR) is 107 cm³/mol. The SMILES string of the molecule is Cc1cc(C)nc(NC(=O)c2cn(C)nc2C(=O)Nc2cc(C)cc(C)n2)c1. The molecule has 3 heterocycles. The highest BCUT2D eigenvalue weighted by Crippen LogP contribution is 2.15. The lowest BCUT2D eigenvalue weighted by Gasteiger charge is -2.08. The van der Waals surface area contributed by atoms with Gasteiger partial charge in [-0.2, -0.15) is 5.10 Å². The van der Waals surface area contributed by atoms with Crippen molar-refractivity contribution in [2.75, 3.05) is 10.6 Å². The number of hydrogen-bond acceptors (Lipinski definition) is 5. The fourth-order valence-corrected chi connectivity index (χ4v) is 2.99. The summed E-state index contributed by atoms with van der Waals surface area (Å²) < 4.78 is 1.42. The van der Waals surface area contributed by atoms with E-state index in [1.165, 1.54) is 10.9 Å². The summed E-state index contributed by atoms with van der Waals surface area (Å²) in [5.41, 5.74) is 3.71. The average molecular weight is 378 g/mol. The standard InChI is InChI=1S/C20H22N6O2/c1-11-6-13(3)21-16(8-11)23-19(27)15-10-26(5)25-18(15)20(28)24-17-9-12(2)7-14(4)22-17/h6-10H,1-5H3,(H,21,23,27)(H,22,24,28). The van der Waals surface area contributed by atoms with Gasteiger partial charge in [0.2, 0.25) is 0 Å². The van der Waals surface area contributed by atoms with E-state index in [2.05, 4.69) is 25.7 Å².